The lowest BCUT2D eigenvalue weighted by molar-refractivity contribution is 0.390. The molecule has 1 aromatic carbocycles. The van der Waals surface area contributed by atoms with Crippen LogP contribution in [0.15, 0.2) is 24.3 Å². The molecule has 13 heavy (non-hydrogen) atoms. The van der Waals surface area contributed by atoms with Crippen molar-refractivity contribution in [2.45, 2.75) is 13.3 Å². The minimum atomic E-state index is 0. The highest BCUT2D eigenvalue weighted by Crippen LogP contribution is 2.04. The molecule has 0 aromatic heterocycles. The van der Waals surface area contributed by atoms with Crippen LogP contribution >= 0.6 is 12.4 Å². The quantitative estimate of drug-likeness (QED) is 0.577. The van der Waals surface area contributed by atoms with Crippen LogP contribution in [0, 0.1) is 12.3 Å². The van der Waals surface area contributed by atoms with Gasteiger partial charge in [0.2, 0.25) is 0 Å². The number of hydrogen-bond donors (Lipinski definition) is 1. The standard InChI is InChI=1S/C10H13NO.ClH/c1-8-4-3-5-9(6-8)7-10(11)12-2;/h3-6,11H,7H2,1-2H3;1H. The van der Waals surface area contributed by atoms with E-state index in [2.05, 4.69) is 6.07 Å². The largest absolute Gasteiger partial charge is 0.484 e. The molecule has 0 bridgehead atoms. The third-order valence-electron chi connectivity index (χ3n) is 1.69. The SMILES string of the molecule is COC(=N)Cc1cccc(C)c1.Cl. The lowest BCUT2D eigenvalue weighted by Gasteiger charge is -2.02. The molecule has 0 heterocycles. The Balaban J connectivity index is 0.00000144. The predicted octanol–water partition coefficient (Wildman–Crippen LogP) is 2.58. The summed E-state index contributed by atoms with van der Waals surface area (Å²) in [6, 6.07) is 8.10. The first-order valence-corrected chi connectivity index (χ1v) is 3.89. The average Bonchev–Trinajstić information content (AvgIpc) is 2.04. The van der Waals surface area contributed by atoms with Crippen LogP contribution in [0.3, 0.4) is 0 Å². The van der Waals surface area contributed by atoms with Gasteiger partial charge in [-0.1, -0.05) is 29.8 Å². The Morgan fingerprint density at radius 3 is 2.69 bits per heavy atom. The first-order chi connectivity index (χ1) is 5.72. The molecule has 0 aliphatic rings. The molecule has 0 aliphatic carbocycles. The lowest BCUT2D eigenvalue weighted by Crippen LogP contribution is -2.03. The highest BCUT2D eigenvalue weighted by atomic mass is 35.5. The van der Waals surface area contributed by atoms with Crippen LogP contribution in [0.2, 0.25) is 0 Å². The molecular formula is C10H14ClNO. The van der Waals surface area contributed by atoms with Crippen LogP contribution in [0.25, 0.3) is 0 Å². The van der Waals surface area contributed by atoms with Gasteiger partial charge in [-0.05, 0) is 12.5 Å². The Hall–Kier alpha value is -1.02. The number of benzene rings is 1. The highest BCUT2D eigenvalue weighted by molar-refractivity contribution is 5.85. The molecule has 0 amide bonds. The fourth-order valence-corrected chi connectivity index (χ4v) is 1.08. The van der Waals surface area contributed by atoms with Crippen LogP contribution < -0.4 is 0 Å². The predicted molar refractivity (Wildman–Crippen MR) is 56.9 cm³/mol. The van der Waals surface area contributed by atoms with Crippen LogP contribution in [-0.2, 0) is 11.2 Å². The van der Waals surface area contributed by atoms with Gasteiger partial charge in [-0.2, -0.15) is 0 Å². The minimum absolute atomic E-state index is 0. The van der Waals surface area contributed by atoms with Crippen molar-refractivity contribution in [3.8, 4) is 0 Å². The topological polar surface area (TPSA) is 33.1 Å². The van der Waals surface area contributed by atoms with Crippen LogP contribution in [0.5, 0.6) is 0 Å². The van der Waals surface area contributed by atoms with Crippen molar-refractivity contribution >= 4 is 18.3 Å². The second kappa shape index (κ2) is 5.60. The molecule has 1 N–H and O–H groups in total. The zero-order valence-electron chi connectivity index (χ0n) is 7.83. The number of nitrogens with one attached hydrogen (secondary N) is 1. The molecule has 2 nitrogen and oxygen atoms in total. The number of rotatable bonds is 2. The number of methoxy groups -OCH3 is 1. The molecule has 72 valence electrons. The van der Waals surface area contributed by atoms with Crippen molar-refractivity contribution in [1.82, 2.24) is 0 Å². The number of hydrogen-bond acceptors (Lipinski definition) is 2. The summed E-state index contributed by atoms with van der Waals surface area (Å²) >= 11 is 0. The smallest absolute Gasteiger partial charge is 0.184 e. The maximum absolute atomic E-state index is 7.32. The van der Waals surface area contributed by atoms with E-state index in [0.717, 1.165) is 5.56 Å². The van der Waals surface area contributed by atoms with Crippen molar-refractivity contribution in [3.05, 3.63) is 35.4 Å². The van der Waals surface area contributed by atoms with E-state index in [0.29, 0.717) is 12.3 Å². The molecule has 1 aromatic rings. The van der Waals surface area contributed by atoms with Gasteiger partial charge in [0.1, 0.15) is 0 Å². The zero-order chi connectivity index (χ0) is 8.97. The van der Waals surface area contributed by atoms with E-state index in [-0.39, 0.29) is 12.4 Å². The molecule has 0 fully saturated rings. The van der Waals surface area contributed by atoms with Crippen LogP contribution in [-0.4, -0.2) is 13.0 Å². The van der Waals surface area contributed by atoms with E-state index in [1.165, 1.54) is 12.7 Å². The lowest BCUT2D eigenvalue weighted by atomic mass is 10.1. The number of halogens is 1. The Kier molecular flexibility index (Phi) is 5.16. The normalized spacial score (nSPS) is 8.77. The van der Waals surface area contributed by atoms with Gasteiger partial charge in [-0.25, -0.2) is 0 Å². The van der Waals surface area contributed by atoms with Gasteiger partial charge in [-0.3, -0.25) is 5.41 Å². The van der Waals surface area contributed by atoms with E-state index in [1.54, 1.807) is 0 Å². The second-order valence-corrected chi connectivity index (χ2v) is 2.79. The molecule has 0 atom stereocenters. The molecule has 0 saturated carbocycles. The van der Waals surface area contributed by atoms with Crippen molar-refractivity contribution in [3.63, 3.8) is 0 Å². The van der Waals surface area contributed by atoms with Crippen molar-refractivity contribution in [2.24, 2.45) is 0 Å². The van der Waals surface area contributed by atoms with E-state index in [4.69, 9.17) is 10.1 Å². The summed E-state index contributed by atoms with van der Waals surface area (Å²) in [5, 5.41) is 7.32. The van der Waals surface area contributed by atoms with Gasteiger partial charge in [0.05, 0.1) is 7.11 Å². The summed E-state index contributed by atoms with van der Waals surface area (Å²) in [6.45, 7) is 2.04. The summed E-state index contributed by atoms with van der Waals surface area (Å²) in [6.07, 6.45) is 0.582. The molecule has 0 aliphatic heterocycles. The van der Waals surface area contributed by atoms with Crippen molar-refractivity contribution in [1.29, 1.82) is 5.41 Å². The van der Waals surface area contributed by atoms with Crippen molar-refractivity contribution < 1.29 is 4.74 Å². The summed E-state index contributed by atoms with van der Waals surface area (Å²) in [7, 11) is 1.53. The second-order valence-electron chi connectivity index (χ2n) is 2.79. The van der Waals surface area contributed by atoms with Gasteiger partial charge < -0.3 is 4.74 Å². The average molecular weight is 200 g/mol. The summed E-state index contributed by atoms with van der Waals surface area (Å²) in [5.74, 6) is 0.306. The monoisotopic (exact) mass is 199 g/mol. The maximum atomic E-state index is 7.32. The summed E-state index contributed by atoms with van der Waals surface area (Å²) < 4.78 is 4.78. The first-order valence-electron chi connectivity index (χ1n) is 3.89. The molecule has 0 radical (unpaired) electrons. The third kappa shape index (κ3) is 3.95. The van der Waals surface area contributed by atoms with Gasteiger partial charge >= 0.3 is 0 Å². The van der Waals surface area contributed by atoms with E-state index >= 15 is 0 Å². The third-order valence-corrected chi connectivity index (χ3v) is 1.69. The van der Waals surface area contributed by atoms with Gasteiger partial charge in [0.15, 0.2) is 5.90 Å². The summed E-state index contributed by atoms with van der Waals surface area (Å²) in [4.78, 5) is 0. The van der Waals surface area contributed by atoms with Crippen LogP contribution in [0.1, 0.15) is 11.1 Å². The van der Waals surface area contributed by atoms with E-state index < -0.39 is 0 Å². The Morgan fingerprint density at radius 1 is 1.46 bits per heavy atom. The Labute approximate surface area is 84.8 Å². The molecule has 0 spiro atoms. The van der Waals surface area contributed by atoms with Gasteiger partial charge in [0.25, 0.3) is 0 Å². The highest BCUT2D eigenvalue weighted by Gasteiger charge is 1.97. The fraction of sp³-hybridized carbons (Fsp3) is 0.300. The summed E-state index contributed by atoms with van der Waals surface area (Å²) in [5.41, 5.74) is 2.35. The number of aryl methyl sites for hydroxylation is 1. The van der Waals surface area contributed by atoms with Gasteiger partial charge in [0, 0.05) is 6.42 Å². The van der Waals surface area contributed by atoms with E-state index in [1.807, 2.05) is 25.1 Å². The zero-order valence-corrected chi connectivity index (χ0v) is 8.65. The fourth-order valence-electron chi connectivity index (χ4n) is 1.08. The minimum Gasteiger partial charge on any atom is -0.484 e. The molecule has 1 rings (SSSR count). The molecule has 3 heteroatoms. The van der Waals surface area contributed by atoms with E-state index in [9.17, 15) is 0 Å². The molecular weight excluding hydrogens is 186 g/mol. The van der Waals surface area contributed by atoms with Crippen LogP contribution in [0.4, 0.5) is 0 Å². The first kappa shape index (κ1) is 12.0. The molecule has 0 unspecified atom stereocenters. The van der Waals surface area contributed by atoms with Crippen molar-refractivity contribution in [2.75, 3.05) is 7.11 Å². The Bertz CT molecular complexity index is 286. The number of ether oxygens (including phenoxy) is 1. The molecule has 0 saturated heterocycles. The Morgan fingerprint density at radius 2 is 2.15 bits per heavy atom. The van der Waals surface area contributed by atoms with Gasteiger partial charge in [-0.15, -0.1) is 12.4 Å². The maximum Gasteiger partial charge on any atom is 0.184 e.